The maximum Gasteiger partial charge on any atom is 0.240 e. The molecule has 0 saturated heterocycles. The van der Waals surface area contributed by atoms with Crippen LogP contribution in [0.2, 0.25) is 5.15 Å². The van der Waals surface area contributed by atoms with Crippen LogP contribution in [0.3, 0.4) is 0 Å². The quantitative estimate of drug-likeness (QED) is 0.493. The monoisotopic (exact) mass is 461 g/mol. The van der Waals surface area contributed by atoms with Crippen molar-refractivity contribution in [1.29, 1.82) is 10.5 Å². The van der Waals surface area contributed by atoms with Gasteiger partial charge in [-0.2, -0.15) is 20.5 Å². The van der Waals surface area contributed by atoms with E-state index >= 15 is 0 Å². The maximum atomic E-state index is 9.38. The molecule has 1 N–H and O–H groups in total. The van der Waals surface area contributed by atoms with Gasteiger partial charge in [-0.25, -0.2) is 0 Å². The summed E-state index contributed by atoms with van der Waals surface area (Å²) in [5, 5.41) is 21.0. The molecule has 1 heterocycles. The van der Waals surface area contributed by atoms with Crippen LogP contribution in [0.15, 0.2) is 40.8 Å². The van der Waals surface area contributed by atoms with E-state index in [1.165, 1.54) is 18.2 Å². The maximum absolute atomic E-state index is 9.38. The first-order valence-corrected chi connectivity index (χ1v) is 8.62. The van der Waals surface area contributed by atoms with Gasteiger partial charge in [0.25, 0.3) is 0 Å². The van der Waals surface area contributed by atoms with Gasteiger partial charge < -0.3 is 10.1 Å². The van der Waals surface area contributed by atoms with Crippen molar-refractivity contribution in [3.8, 4) is 23.8 Å². The first kappa shape index (κ1) is 11.7. The molecule has 3 aromatic rings. The van der Waals surface area contributed by atoms with E-state index in [2.05, 4.69) is 31.2 Å². The largest absolute Gasteiger partial charge is 0.437 e. The summed E-state index contributed by atoms with van der Waals surface area (Å²) >= 11 is 9.29. The van der Waals surface area contributed by atoms with Crippen LogP contribution in [0.5, 0.6) is 11.6 Å². The number of nitrogens with zero attached hydrogens (tertiary/aromatic N) is 4. The highest BCUT2D eigenvalue weighted by Crippen LogP contribution is 2.36. The SMILES string of the molecule is [2H]c1c(C#N)c([2H])c(C([2H])([2H])[2H])c(Oc2nc(Nc3ccc(C#N)cc3)nc(Cl)c2Br)c1C([2H])([2H])[2H]. The van der Waals surface area contributed by atoms with Crippen molar-refractivity contribution in [3.05, 3.63) is 68.2 Å². The zero-order valence-electron chi connectivity index (χ0n) is 21.8. The van der Waals surface area contributed by atoms with E-state index in [-0.39, 0.29) is 15.6 Å². The molecule has 0 spiro atoms. The molecule has 0 saturated carbocycles. The summed E-state index contributed by atoms with van der Waals surface area (Å²) in [5.74, 6) is -1.37. The van der Waals surface area contributed by atoms with Crippen LogP contribution in [-0.2, 0) is 0 Å². The van der Waals surface area contributed by atoms with Crippen molar-refractivity contribution < 1.29 is 15.7 Å². The van der Waals surface area contributed by atoms with Crippen molar-refractivity contribution in [1.82, 2.24) is 9.97 Å². The highest BCUT2D eigenvalue weighted by Gasteiger charge is 2.16. The first-order chi connectivity index (χ1) is 16.7. The molecule has 0 aliphatic heterocycles. The Kier molecular flexibility index (Phi) is 3.44. The molecule has 0 fully saturated rings. The predicted molar refractivity (Wildman–Crippen MR) is 110 cm³/mol. The summed E-state index contributed by atoms with van der Waals surface area (Å²) in [5.41, 5.74) is -1.59. The van der Waals surface area contributed by atoms with Crippen molar-refractivity contribution >= 4 is 39.2 Å². The van der Waals surface area contributed by atoms with Crippen molar-refractivity contribution in [3.63, 3.8) is 0 Å². The first-order valence-electron chi connectivity index (χ1n) is 11.4. The summed E-state index contributed by atoms with van der Waals surface area (Å²) in [6.07, 6.45) is 0. The number of aromatic nitrogens is 2. The minimum absolute atomic E-state index is 0.0649. The fourth-order valence-corrected chi connectivity index (χ4v) is 2.47. The number of ether oxygens (including phenoxy) is 1. The lowest BCUT2D eigenvalue weighted by atomic mass is 10.1. The molecule has 6 nitrogen and oxygen atoms in total. The molecule has 138 valence electrons. The van der Waals surface area contributed by atoms with Gasteiger partial charge in [0.15, 0.2) is 5.15 Å². The zero-order valence-corrected chi connectivity index (χ0v) is 16.1. The summed E-state index contributed by atoms with van der Waals surface area (Å²) in [6.45, 7) is -6.17. The number of hydrogen-bond acceptors (Lipinski definition) is 6. The Morgan fingerprint density at radius 3 is 2.32 bits per heavy atom. The number of nitrogens with one attached hydrogen (secondary N) is 1. The van der Waals surface area contributed by atoms with Crippen molar-refractivity contribution in [2.24, 2.45) is 0 Å². The summed E-state index contributed by atoms with van der Waals surface area (Å²) < 4.78 is 69.1. The molecule has 0 unspecified atom stereocenters. The minimum atomic E-state index is -3.08. The minimum Gasteiger partial charge on any atom is -0.437 e. The highest BCUT2D eigenvalue weighted by molar-refractivity contribution is 9.10. The Balaban J connectivity index is 2.23. The second kappa shape index (κ2) is 8.26. The van der Waals surface area contributed by atoms with E-state index in [1.807, 2.05) is 6.07 Å². The fraction of sp³-hybridized carbons (Fsp3) is 0.100. The smallest absolute Gasteiger partial charge is 0.240 e. The third-order valence-corrected chi connectivity index (χ3v) is 4.53. The number of nitriles is 2. The molecule has 2 aromatic carbocycles. The van der Waals surface area contributed by atoms with Crippen LogP contribution in [0.1, 0.15) is 33.2 Å². The van der Waals surface area contributed by atoms with Crippen LogP contribution >= 0.6 is 27.5 Å². The lowest BCUT2D eigenvalue weighted by Gasteiger charge is -2.14. The lowest BCUT2D eigenvalue weighted by Crippen LogP contribution is -2.02. The van der Waals surface area contributed by atoms with E-state index in [1.54, 1.807) is 12.1 Å². The standard InChI is InChI=1S/C20H13BrClN5O/c1-11-7-14(10-24)8-12(2)17(11)28-19-16(21)18(22)26-20(27-19)25-15-5-3-13(9-23)4-6-15/h3-8H,1-2H3,(H,25,26,27)/i1D3,2D3,7D,8D. The van der Waals surface area contributed by atoms with Crippen LogP contribution in [0, 0.1) is 36.4 Å². The topological polar surface area (TPSA) is 94.6 Å². The molecular weight excluding hydrogens is 442 g/mol. The van der Waals surface area contributed by atoms with Gasteiger partial charge in [0, 0.05) is 13.9 Å². The number of rotatable bonds is 4. The molecule has 0 radical (unpaired) electrons. The third kappa shape index (κ3) is 4.23. The van der Waals surface area contributed by atoms with Crippen LogP contribution in [0.25, 0.3) is 0 Å². The van der Waals surface area contributed by atoms with Gasteiger partial charge in [0.05, 0.1) is 26.0 Å². The number of anilines is 2. The average Bonchev–Trinajstić information content (AvgIpc) is 2.76. The fourth-order valence-electron chi connectivity index (χ4n) is 2.06. The van der Waals surface area contributed by atoms with E-state index < -0.39 is 54.1 Å². The van der Waals surface area contributed by atoms with Crippen LogP contribution in [0.4, 0.5) is 11.6 Å². The van der Waals surface area contributed by atoms with E-state index in [9.17, 15) is 5.26 Å². The Labute approximate surface area is 186 Å². The Morgan fingerprint density at radius 1 is 1.11 bits per heavy atom. The number of hydrogen-bond donors (Lipinski definition) is 1. The third-order valence-electron chi connectivity index (χ3n) is 3.32. The molecule has 0 aliphatic carbocycles. The van der Waals surface area contributed by atoms with Gasteiger partial charge in [-0.15, -0.1) is 0 Å². The highest BCUT2D eigenvalue weighted by atomic mass is 79.9. The van der Waals surface area contributed by atoms with E-state index in [0.29, 0.717) is 11.3 Å². The molecular formula is C20H13BrClN5O. The van der Waals surface area contributed by atoms with Gasteiger partial charge >= 0.3 is 0 Å². The normalized spacial score (nSPS) is 15.1. The molecule has 0 aliphatic rings. The molecule has 0 atom stereocenters. The van der Waals surface area contributed by atoms with Crippen LogP contribution in [-0.4, -0.2) is 9.97 Å². The Bertz CT molecular complexity index is 1390. The lowest BCUT2D eigenvalue weighted by molar-refractivity contribution is 0.452. The summed E-state index contributed by atoms with van der Waals surface area (Å²) in [4.78, 5) is 8.15. The number of halogens is 2. The van der Waals surface area contributed by atoms with E-state index in [0.717, 1.165) is 0 Å². The van der Waals surface area contributed by atoms with Gasteiger partial charge in [0.2, 0.25) is 11.8 Å². The van der Waals surface area contributed by atoms with Crippen molar-refractivity contribution in [2.45, 2.75) is 13.7 Å². The molecule has 0 amide bonds. The predicted octanol–water partition coefficient (Wildman–Crippen LogP) is 5.79. The Morgan fingerprint density at radius 2 is 1.75 bits per heavy atom. The second-order valence-electron chi connectivity index (χ2n) is 5.19. The molecule has 28 heavy (non-hydrogen) atoms. The Hall–Kier alpha value is -3.13. The summed E-state index contributed by atoms with van der Waals surface area (Å²) in [7, 11) is 0. The molecule has 3 rings (SSSR count). The average molecular weight is 463 g/mol. The molecule has 1 aromatic heterocycles. The van der Waals surface area contributed by atoms with Gasteiger partial charge in [0.1, 0.15) is 10.2 Å². The second-order valence-corrected chi connectivity index (χ2v) is 6.34. The number of benzene rings is 2. The van der Waals surface area contributed by atoms with Gasteiger partial charge in [-0.3, -0.25) is 0 Å². The van der Waals surface area contributed by atoms with Crippen molar-refractivity contribution in [2.75, 3.05) is 5.32 Å². The van der Waals surface area contributed by atoms with E-state index in [4.69, 9.17) is 32.6 Å². The zero-order chi connectivity index (χ0) is 27.0. The molecule has 8 heteroatoms. The van der Waals surface area contributed by atoms with Gasteiger partial charge in [-0.05, 0) is 77.1 Å². The van der Waals surface area contributed by atoms with Crippen LogP contribution < -0.4 is 10.1 Å². The van der Waals surface area contributed by atoms with Gasteiger partial charge in [-0.1, -0.05) is 11.6 Å². The summed E-state index contributed by atoms with van der Waals surface area (Å²) in [6, 6.07) is 7.98. The molecule has 0 bridgehead atoms.